The van der Waals surface area contributed by atoms with Crippen LogP contribution in [0.2, 0.25) is 0 Å². The van der Waals surface area contributed by atoms with Crippen LogP contribution >= 0.6 is 15.9 Å². The second-order valence-electron chi connectivity index (χ2n) is 2.64. The van der Waals surface area contributed by atoms with Crippen LogP contribution in [0.5, 0.6) is 0 Å². The molecule has 0 aliphatic rings. The highest BCUT2D eigenvalue weighted by atomic mass is 79.9. The molecule has 0 amide bonds. The van der Waals surface area contributed by atoms with Gasteiger partial charge in [0.05, 0.1) is 17.2 Å². The Morgan fingerprint density at radius 1 is 1.33 bits per heavy atom. The van der Waals surface area contributed by atoms with E-state index in [1.54, 1.807) is 6.20 Å². The van der Waals surface area contributed by atoms with Gasteiger partial charge in [-0.25, -0.2) is 4.98 Å². The highest BCUT2D eigenvalue weighted by molar-refractivity contribution is 9.10. The molecular formula is C9H7BrN2. The third kappa shape index (κ3) is 1.20. The fraction of sp³-hybridized carbons (Fsp3) is 0.111. The van der Waals surface area contributed by atoms with Gasteiger partial charge in [-0.05, 0) is 34.5 Å². The number of benzene rings is 1. The lowest BCUT2D eigenvalue weighted by molar-refractivity contribution is 1.23. The molecule has 1 aromatic heterocycles. The predicted molar refractivity (Wildman–Crippen MR) is 52.0 cm³/mol. The number of nitrogens with zero attached hydrogens (tertiary/aromatic N) is 2. The molecule has 0 fully saturated rings. The van der Waals surface area contributed by atoms with E-state index in [1.807, 2.05) is 25.1 Å². The van der Waals surface area contributed by atoms with Crippen molar-refractivity contribution < 1.29 is 0 Å². The summed E-state index contributed by atoms with van der Waals surface area (Å²) < 4.78 is 0.782. The highest BCUT2D eigenvalue weighted by Crippen LogP contribution is 2.15. The molecule has 0 saturated heterocycles. The van der Waals surface area contributed by atoms with E-state index in [9.17, 15) is 0 Å². The second-order valence-corrected chi connectivity index (χ2v) is 3.45. The van der Waals surface area contributed by atoms with Gasteiger partial charge >= 0.3 is 0 Å². The molecule has 1 heterocycles. The van der Waals surface area contributed by atoms with Crippen molar-refractivity contribution >= 4 is 27.0 Å². The van der Waals surface area contributed by atoms with E-state index in [1.165, 1.54) is 0 Å². The lowest BCUT2D eigenvalue weighted by Crippen LogP contribution is -1.86. The monoisotopic (exact) mass is 222 g/mol. The summed E-state index contributed by atoms with van der Waals surface area (Å²) in [6, 6.07) is 5.98. The van der Waals surface area contributed by atoms with Crippen LogP contribution in [0.25, 0.3) is 11.0 Å². The van der Waals surface area contributed by atoms with Crippen LogP contribution in [-0.4, -0.2) is 9.97 Å². The average Bonchev–Trinajstić information content (AvgIpc) is 2.07. The van der Waals surface area contributed by atoms with Crippen LogP contribution in [0.15, 0.2) is 29.0 Å². The quantitative estimate of drug-likeness (QED) is 0.686. The smallest absolute Gasteiger partial charge is 0.125 e. The molecule has 0 bridgehead atoms. The minimum atomic E-state index is 0.782. The first-order valence-corrected chi connectivity index (χ1v) is 4.44. The standard InChI is InChI=1S/C9H7BrN2/c1-6-3-2-4-7-9(6)12-8(10)5-11-7/h2-5H,1H3. The number of fused-ring (bicyclic) bond motifs is 1. The molecule has 0 aliphatic carbocycles. The summed E-state index contributed by atoms with van der Waals surface area (Å²) in [5.41, 5.74) is 3.06. The Kier molecular flexibility index (Phi) is 1.81. The lowest BCUT2D eigenvalue weighted by Gasteiger charge is -1.99. The first kappa shape index (κ1) is 7.68. The predicted octanol–water partition coefficient (Wildman–Crippen LogP) is 2.70. The molecule has 0 spiro atoms. The highest BCUT2D eigenvalue weighted by Gasteiger charge is 1.98. The molecular weight excluding hydrogens is 216 g/mol. The van der Waals surface area contributed by atoms with Gasteiger partial charge in [-0.15, -0.1) is 0 Å². The molecule has 12 heavy (non-hydrogen) atoms. The van der Waals surface area contributed by atoms with E-state index in [0.717, 1.165) is 21.2 Å². The molecule has 3 heteroatoms. The Balaban J connectivity index is 2.88. The van der Waals surface area contributed by atoms with Gasteiger partial charge in [-0.3, -0.25) is 4.98 Å². The molecule has 0 saturated carbocycles. The molecule has 1 aromatic carbocycles. The molecule has 0 aliphatic heterocycles. The largest absolute Gasteiger partial charge is 0.252 e. The second kappa shape index (κ2) is 2.83. The number of rotatable bonds is 0. The summed E-state index contributed by atoms with van der Waals surface area (Å²) in [6.07, 6.45) is 1.71. The van der Waals surface area contributed by atoms with Crippen molar-refractivity contribution in [3.63, 3.8) is 0 Å². The van der Waals surface area contributed by atoms with Crippen LogP contribution in [0.3, 0.4) is 0 Å². The van der Waals surface area contributed by atoms with Crippen LogP contribution in [0.4, 0.5) is 0 Å². The lowest BCUT2D eigenvalue weighted by atomic mass is 10.2. The number of aromatic nitrogens is 2. The maximum atomic E-state index is 4.33. The summed E-state index contributed by atoms with van der Waals surface area (Å²) in [4.78, 5) is 8.56. The Hall–Kier alpha value is -0.960. The van der Waals surface area contributed by atoms with E-state index < -0.39 is 0 Å². The fourth-order valence-electron chi connectivity index (χ4n) is 1.15. The van der Waals surface area contributed by atoms with Crippen molar-refractivity contribution in [3.8, 4) is 0 Å². The number of hydrogen-bond donors (Lipinski definition) is 0. The van der Waals surface area contributed by atoms with E-state index in [-0.39, 0.29) is 0 Å². The first-order chi connectivity index (χ1) is 5.77. The van der Waals surface area contributed by atoms with Gasteiger partial charge in [0.1, 0.15) is 4.60 Å². The zero-order chi connectivity index (χ0) is 8.55. The summed E-state index contributed by atoms with van der Waals surface area (Å²) in [7, 11) is 0. The maximum absolute atomic E-state index is 4.33. The van der Waals surface area contributed by atoms with Gasteiger partial charge in [0.15, 0.2) is 0 Å². The van der Waals surface area contributed by atoms with Crippen LogP contribution in [0, 0.1) is 6.92 Å². The molecule has 0 unspecified atom stereocenters. The average molecular weight is 223 g/mol. The molecule has 2 nitrogen and oxygen atoms in total. The zero-order valence-corrected chi connectivity index (χ0v) is 8.17. The number of halogens is 1. The number of hydrogen-bond acceptors (Lipinski definition) is 2. The zero-order valence-electron chi connectivity index (χ0n) is 6.58. The topological polar surface area (TPSA) is 25.8 Å². The van der Waals surface area contributed by atoms with Crippen molar-refractivity contribution in [2.24, 2.45) is 0 Å². The van der Waals surface area contributed by atoms with Crippen molar-refractivity contribution in [2.45, 2.75) is 6.92 Å². The van der Waals surface area contributed by atoms with Crippen molar-refractivity contribution in [1.29, 1.82) is 0 Å². The van der Waals surface area contributed by atoms with Crippen LogP contribution < -0.4 is 0 Å². The van der Waals surface area contributed by atoms with E-state index >= 15 is 0 Å². The summed E-state index contributed by atoms with van der Waals surface area (Å²) >= 11 is 3.29. The Labute approximate surface area is 78.8 Å². The van der Waals surface area contributed by atoms with E-state index in [2.05, 4.69) is 25.9 Å². The SMILES string of the molecule is Cc1cccc2ncc(Br)nc12. The molecule has 2 rings (SSSR count). The van der Waals surface area contributed by atoms with Gasteiger partial charge in [0.2, 0.25) is 0 Å². The summed E-state index contributed by atoms with van der Waals surface area (Å²) in [5.74, 6) is 0. The van der Waals surface area contributed by atoms with Gasteiger partial charge in [0.25, 0.3) is 0 Å². The summed E-state index contributed by atoms with van der Waals surface area (Å²) in [6.45, 7) is 2.03. The number of para-hydroxylation sites is 1. The third-order valence-electron chi connectivity index (χ3n) is 1.75. The minimum absolute atomic E-state index is 0.782. The van der Waals surface area contributed by atoms with Crippen molar-refractivity contribution in [2.75, 3.05) is 0 Å². The van der Waals surface area contributed by atoms with Gasteiger partial charge in [-0.1, -0.05) is 12.1 Å². The van der Waals surface area contributed by atoms with Gasteiger partial charge in [0, 0.05) is 0 Å². The van der Waals surface area contributed by atoms with Crippen LogP contribution in [0.1, 0.15) is 5.56 Å². The van der Waals surface area contributed by atoms with Crippen molar-refractivity contribution in [3.05, 3.63) is 34.6 Å². The first-order valence-electron chi connectivity index (χ1n) is 3.65. The fourth-order valence-corrected chi connectivity index (χ4v) is 1.43. The minimum Gasteiger partial charge on any atom is -0.252 e. The van der Waals surface area contributed by atoms with E-state index in [0.29, 0.717) is 0 Å². The Morgan fingerprint density at radius 3 is 3.00 bits per heavy atom. The van der Waals surface area contributed by atoms with Crippen LogP contribution in [-0.2, 0) is 0 Å². The molecule has 0 radical (unpaired) electrons. The molecule has 2 aromatic rings. The van der Waals surface area contributed by atoms with Gasteiger partial charge < -0.3 is 0 Å². The number of aryl methyl sites for hydroxylation is 1. The third-order valence-corrected chi connectivity index (χ3v) is 2.13. The van der Waals surface area contributed by atoms with E-state index in [4.69, 9.17) is 0 Å². The Bertz CT molecular complexity index is 426. The Morgan fingerprint density at radius 2 is 2.17 bits per heavy atom. The molecule has 0 N–H and O–H groups in total. The summed E-state index contributed by atoms with van der Waals surface area (Å²) in [5, 5.41) is 0. The maximum Gasteiger partial charge on any atom is 0.125 e. The van der Waals surface area contributed by atoms with Crippen molar-refractivity contribution in [1.82, 2.24) is 9.97 Å². The normalized spacial score (nSPS) is 10.5. The molecule has 0 atom stereocenters. The van der Waals surface area contributed by atoms with Gasteiger partial charge in [-0.2, -0.15) is 0 Å². The molecule has 60 valence electrons.